The molecule has 40 valence electrons. The SMILES string of the molecule is Cl.NP(N)(N)=O. The van der Waals surface area contributed by atoms with Crippen molar-refractivity contribution in [2.75, 3.05) is 0 Å². The summed E-state index contributed by atoms with van der Waals surface area (Å²) in [6, 6.07) is 0. The van der Waals surface area contributed by atoms with Gasteiger partial charge in [0.25, 0.3) is 7.59 Å². The fourth-order valence-electron chi connectivity index (χ4n) is 0. The van der Waals surface area contributed by atoms with Crippen LogP contribution in [-0.2, 0) is 4.57 Å². The highest BCUT2D eigenvalue weighted by molar-refractivity contribution is 7.56. The lowest BCUT2D eigenvalue weighted by Crippen LogP contribution is -2.12. The second-order valence-corrected chi connectivity index (χ2v) is 2.29. The third kappa shape index (κ3) is 318. The standard InChI is InChI=1S/ClH.H6N3OP/c;1-5(2,3)4/h1H;(H6,1,2,3,4). The molecule has 0 rings (SSSR count). The van der Waals surface area contributed by atoms with Gasteiger partial charge in [-0.05, 0) is 0 Å². The van der Waals surface area contributed by atoms with Crippen LogP contribution >= 0.6 is 20.0 Å². The van der Waals surface area contributed by atoms with Crippen LogP contribution in [0.3, 0.4) is 0 Å². The highest BCUT2D eigenvalue weighted by atomic mass is 35.5. The molecule has 0 aromatic rings. The Morgan fingerprint density at radius 3 is 1.17 bits per heavy atom. The van der Waals surface area contributed by atoms with Gasteiger partial charge in [-0.2, -0.15) is 0 Å². The van der Waals surface area contributed by atoms with Crippen molar-refractivity contribution in [2.45, 2.75) is 0 Å². The van der Waals surface area contributed by atoms with Crippen LogP contribution in [-0.4, -0.2) is 0 Å². The third-order valence-corrected chi connectivity index (χ3v) is 0. The summed E-state index contributed by atoms with van der Waals surface area (Å²) in [7, 11) is -3.14. The Labute approximate surface area is 42.0 Å². The molecular weight excluding hydrogens is 124 g/mol. The van der Waals surface area contributed by atoms with Crippen LogP contribution in [0.4, 0.5) is 0 Å². The van der Waals surface area contributed by atoms with E-state index in [2.05, 4.69) is 16.5 Å². The Morgan fingerprint density at radius 1 is 1.17 bits per heavy atom. The molecule has 0 aliphatic carbocycles. The van der Waals surface area contributed by atoms with Crippen LogP contribution in [0.5, 0.6) is 0 Å². The minimum Gasteiger partial charge on any atom is -0.272 e. The summed E-state index contributed by atoms with van der Waals surface area (Å²) in [4.78, 5) is 0. The first-order valence-electron chi connectivity index (χ1n) is 0.957. The molecule has 4 nitrogen and oxygen atoms in total. The molecule has 6 N–H and O–H groups in total. The zero-order chi connectivity index (χ0) is 4.50. The molecule has 0 atom stereocenters. The molecule has 0 aliphatic heterocycles. The van der Waals surface area contributed by atoms with Gasteiger partial charge in [0.2, 0.25) is 0 Å². The van der Waals surface area contributed by atoms with E-state index in [-0.39, 0.29) is 12.4 Å². The number of hydrogen-bond donors (Lipinski definition) is 3. The average molecular weight is 132 g/mol. The fourth-order valence-corrected chi connectivity index (χ4v) is 0. The van der Waals surface area contributed by atoms with E-state index >= 15 is 0 Å². The van der Waals surface area contributed by atoms with E-state index in [4.69, 9.17) is 0 Å². The molecule has 0 spiro atoms. The lowest BCUT2D eigenvalue weighted by Gasteiger charge is -1.88. The topological polar surface area (TPSA) is 95.1 Å². The largest absolute Gasteiger partial charge is 0.272 e. The molecule has 0 aromatic heterocycles. The molecule has 0 aliphatic rings. The van der Waals surface area contributed by atoms with Crippen LogP contribution in [0.15, 0.2) is 0 Å². The van der Waals surface area contributed by atoms with Crippen LogP contribution < -0.4 is 16.5 Å². The summed E-state index contributed by atoms with van der Waals surface area (Å²) in [5.74, 6) is 0. The first-order chi connectivity index (χ1) is 2.00. The summed E-state index contributed by atoms with van der Waals surface area (Å²) >= 11 is 0. The Hall–Kier alpha value is 0.400. The minimum atomic E-state index is -3.14. The van der Waals surface area contributed by atoms with Crippen molar-refractivity contribution in [3.8, 4) is 0 Å². The van der Waals surface area contributed by atoms with Crippen molar-refractivity contribution in [3.05, 3.63) is 0 Å². The monoisotopic (exact) mass is 131 g/mol. The first-order valence-corrected chi connectivity index (χ1v) is 2.87. The molecule has 6 heteroatoms. The summed E-state index contributed by atoms with van der Waals surface area (Å²) < 4.78 is 9.55. The van der Waals surface area contributed by atoms with E-state index in [0.29, 0.717) is 0 Å². The summed E-state index contributed by atoms with van der Waals surface area (Å²) in [6.07, 6.45) is 0. The van der Waals surface area contributed by atoms with Crippen molar-refractivity contribution in [1.82, 2.24) is 0 Å². The van der Waals surface area contributed by atoms with Crippen molar-refractivity contribution < 1.29 is 4.57 Å². The van der Waals surface area contributed by atoms with Gasteiger partial charge in [-0.25, -0.2) is 0 Å². The second-order valence-electron chi connectivity index (χ2n) is 0.763. The van der Waals surface area contributed by atoms with E-state index in [1.807, 2.05) is 0 Å². The minimum absolute atomic E-state index is 0. The molecule has 0 saturated carbocycles. The Morgan fingerprint density at radius 2 is 1.17 bits per heavy atom. The molecule has 0 radical (unpaired) electrons. The van der Waals surface area contributed by atoms with Crippen molar-refractivity contribution in [2.24, 2.45) is 16.5 Å². The predicted molar refractivity (Wildman–Crippen MR) is 27.4 cm³/mol. The molecular formula is H7ClN3OP. The molecule has 0 amide bonds. The van der Waals surface area contributed by atoms with Gasteiger partial charge in [-0.1, -0.05) is 0 Å². The van der Waals surface area contributed by atoms with Gasteiger partial charge in [0.1, 0.15) is 0 Å². The molecule has 0 aromatic carbocycles. The summed E-state index contributed by atoms with van der Waals surface area (Å²) in [5, 5.41) is 0. The van der Waals surface area contributed by atoms with E-state index < -0.39 is 7.59 Å². The Kier molecular flexibility index (Phi) is 4.10. The van der Waals surface area contributed by atoms with Gasteiger partial charge in [0.05, 0.1) is 0 Å². The van der Waals surface area contributed by atoms with Gasteiger partial charge >= 0.3 is 0 Å². The lowest BCUT2D eigenvalue weighted by atomic mass is 13.8. The maximum Gasteiger partial charge on any atom is 0.271 e. The number of nitrogens with two attached hydrogens (primary N) is 3. The van der Waals surface area contributed by atoms with Gasteiger partial charge < -0.3 is 0 Å². The maximum absolute atomic E-state index is 9.55. The lowest BCUT2D eigenvalue weighted by molar-refractivity contribution is 0.577. The highest BCUT2D eigenvalue weighted by Crippen LogP contribution is 2.06. The highest BCUT2D eigenvalue weighted by Gasteiger charge is 1.90. The number of halogens is 1. The van der Waals surface area contributed by atoms with Crippen LogP contribution in [0, 0.1) is 0 Å². The van der Waals surface area contributed by atoms with Crippen molar-refractivity contribution in [1.29, 1.82) is 0 Å². The molecule has 0 fully saturated rings. The normalized spacial score (nSPS) is 9.83. The smallest absolute Gasteiger partial charge is 0.271 e. The van der Waals surface area contributed by atoms with E-state index in [9.17, 15) is 4.57 Å². The van der Waals surface area contributed by atoms with Crippen LogP contribution in [0.25, 0.3) is 0 Å². The maximum atomic E-state index is 9.55. The van der Waals surface area contributed by atoms with E-state index in [1.165, 1.54) is 0 Å². The van der Waals surface area contributed by atoms with Gasteiger partial charge in [0.15, 0.2) is 0 Å². The van der Waals surface area contributed by atoms with E-state index in [0.717, 1.165) is 0 Å². The Bertz CT molecular complexity index is 56.9. The zero-order valence-electron chi connectivity index (χ0n) is 3.00. The molecule has 0 bridgehead atoms. The van der Waals surface area contributed by atoms with Crippen molar-refractivity contribution in [3.63, 3.8) is 0 Å². The molecule has 0 saturated heterocycles. The van der Waals surface area contributed by atoms with Gasteiger partial charge in [-0.3, -0.25) is 21.1 Å². The second kappa shape index (κ2) is 2.55. The third-order valence-electron chi connectivity index (χ3n) is 0. The summed E-state index contributed by atoms with van der Waals surface area (Å²) in [6.45, 7) is 0. The van der Waals surface area contributed by atoms with Gasteiger partial charge in [-0.15, -0.1) is 12.4 Å². The molecule has 0 heterocycles. The quantitative estimate of drug-likeness (QED) is 0.382. The van der Waals surface area contributed by atoms with E-state index in [1.54, 1.807) is 0 Å². The number of rotatable bonds is 0. The Balaban J connectivity index is 0. The number of hydrogen-bond acceptors (Lipinski definition) is 1. The first kappa shape index (κ1) is 9.64. The van der Waals surface area contributed by atoms with Crippen LogP contribution in [0.2, 0.25) is 0 Å². The summed E-state index contributed by atoms with van der Waals surface area (Å²) in [5.41, 5.74) is 13.4. The molecule has 0 unspecified atom stereocenters. The average Bonchev–Trinajstić information content (AvgIpc) is 0.722. The van der Waals surface area contributed by atoms with Crippen molar-refractivity contribution >= 4 is 20.0 Å². The van der Waals surface area contributed by atoms with Crippen LogP contribution in [0.1, 0.15) is 0 Å². The molecule has 6 heavy (non-hydrogen) atoms. The predicted octanol–water partition coefficient (Wildman–Crippen LogP) is -0.608. The fraction of sp³-hybridized carbons (Fsp3) is 0. The van der Waals surface area contributed by atoms with Gasteiger partial charge in [0, 0.05) is 0 Å². The zero-order valence-corrected chi connectivity index (χ0v) is 4.71.